The van der Waals surface area contributed by atoms with Gasteiger partial charge < -0.3 is 31.9 Å². The molecule has 12 aliphatic rings. The maximum absolute atomic E-state index is 4.52. The van der Waals surface area contributed by atoms with Gasteiger partial charge >= 0.3 is 0 Å². The quantitative estimate of drug-likeness (QED) is 0.100. The summed E-state index contributed by atoms with van der Waals surface area (Å²) in [6.07, 6.45) is 7.49. The van der Waals surface area contributed by atoms with Crippen LogP contribution in [0.1, 0.15) is 94.2 Å². The molecule has 0 bridgehead atoms. The second-order valence-corrected chi connectivity index (χ2v) is 26.5. The summed E-state index contributed by atoms with van der Waals surface area (Å²) >= 11 is 0. The van der Waals surface area contributed by atoms with Crippen molar-refractivity contribution in [2.75, 3.05) is 113 Å². The molecule has 18 rings (SSSR count). The summed E-state index contributed by atoms with van der Waals surface area (Å²) < 4.78 is 0. The number of anilines is 6. The van der Waals surface area contributed by atoms with Crippen LogP contribution in [0.25, 0.3) is 0 Å². The van der Waals surface area contributed by atoms with Gasteiger partial charge in [-0.3, -0.25) is 29.4 Å². The highest BCUT2D eigenvalue weighted by Gasteiger charge is 2.73. The van der Waals surface area contributed by atoms with E-state index in [2.05, 4.69) is 225 Å². The molecule has 12 nitrogen and oxygen atoms in total. The molecule has 0 aliphatic carbocycles. The van der Waals surface area contributed by atoms with Gasteiger partial charge in [-0.25, -0.2) is 0 Å². The molecule has 0 spiro atoms. The number of rotatable bonds is 5. The van der Waals surface area contributed by atoms with Gasteiger partial charge in [0.15, 0.2) is 0 Å². The Balaban J connectivity index is 0.804. The average Bonchev–Trinajstić information content (AvgIpc) is 3.37. The molecule has 12 unspecified atom stereocenters. The molecular weight excluding hydrogens is 961 g/mol. The number of para-hydroxylation sites is 6. The predicted molar refractivity (Wildman–Crippen MR) is 313 cm³/mol. The minimum atomic E-state index is -0.266. The first-order valence-corrected chi connectivity index (χ1v) is 29.6. The van der Waals surface area contributed by atoms with Crippen LogP contribution in [0.4, 0.5) is 34.1 Å². The standard InChI is InChI=1S/C66H74N12/c1-73-33-27-61(39-15-7-9-25-49(39)67-55(61)73)41-17-11-18-42-51(41)69-57-63(42,29-35-75(57)3)43-19-12-20-44-52(43)70-58-64(44,30-36-76(58)4)46-22-14-24-48-54(46)72-60-66(48,32-38-78(60)6)65-31-37-77(5)59(65)71-53-45(21-13-23-47(53)65)62-28-34-74(2)56(62)68-50-26-10-8-16-40(50)62/h7-26,55-60,67-72H,27-38H2,1-6H3. The van der Waals surface area contributed by atoms with Crippen molar-refractivity contribution in [3.8, 4) is 0 Å². The van der Waals surface area contributed by atoms with Crippen LogP contribution < -0.4 is 31.9 Å². The SMILES string of the molecule is CN1CCC2(c3cccc4c3NC3N(C)CCC43c3cccc4c3NC3N(C)CCC43c3cccc4c3NC3N(C)CCC43C34CCN(C)C3Nc3c(C56CCN(C)C5Nc5ccccc56)cccc34)c3ccccc3NC12. The molecule has 6 saturated heterocycles. The van der Waals surface area contributed by atoms with Crippen molar-refractivity contribution < 1.29 is 0 Å². The lowest BCUT2D eigenvalue weighted by molar-refractivity contribution is 0.147. The molecule has 12 heteroatoms. The Kier molecular flexibility index (Phi) is 8.79. The lowest BCUT2D eigenvalue weighted by Crippen LogP contribution is -2.60. The van der Waals surface area contributed by atoms with Crippen LogP contribution in [-0.4, -0.2) is 148 Å². The molecule has 6 N–H and O–H groups in total. The van der Waals surface area contributed by atoms with E-state index in [4.69, 9.17) is 0 Å². The first kappa shape index (κ1) is 45.7. The largest absolute Gasteiger partial charge is 0.368 e. The van der Waals surface area contributed by atoms with Gasteiger partial charge in [-0.2, -0.15) is 0 Å². The second-order valence-electron chi connectivity index (χ2n) is 26.5. The first-order chi connectivity index (χ1) is 38.0. The number of hydrogen-bond acceptors (Lipinski definition) is 12. The van der Waals surface area contributed by atoms with Crippen LogP contribution in [0, 0.1) is 0 Å². The molecule has 0 aromatic heterocycles. The van der Waals surface area contributed by atoms with Gasteiger partial charge in [0.2, 0.25) is 0 Å². The highest BCUT2D eigenvalue weighted by atomic mass is 15.4. The van der Waals surface area contributed by atoms with Gasteiger partial charge in [-0.15, -0.1) is 0 Å². The van der Waals surface area contributed by atoms with Crippen LogP contribution >= 0.6 is 0 Å². The van der Waals surface area contributed by atoms with E-state index in [1.807, 2.05) is 0 Å². The van der Waals surface area contributed by atoms with Gasteiger partial charge in [0.05, 0.1) is 58.7 Å². The Labute approximate surface area is 459 Å². The Hall–Kier alpha value is -6.12. The number of fused-ring (bicyclic) bond motifs is 19. The van der Waals surface area contributed by atoms with Gasteiger partial charge in [0.1, 0.15) is 0 Å². The van der Waals surface area contributed by atoms with Crippen LogP contribution in [0.2, 0.25) is 0 Å². The van der Waals surface area contributed by atoms with Crippen molar-refractivity contribution in [1.29, 1.82) is 0 Å². The van der Waals surface area contributed by atoms with E-state index in [1.165, 1.54) is 89.8 Å². The zero-order chi connectivity index (χ0) is 52.0. The van der Waals surface area contributed by atoms with Crippen molar-refractivity contribution in [2.45, 2.75) is 108 Å². The number of likely N-dealkylation sites (N-methyl/N-ethyl adjacent to an activating group) is 6. The molecule has 0 radical (unpaired) electrons. The van der Waals surface area contributed by atoms with Gasteiger partial charge in [0.25, 0.3) is 0 Å². The maximum Gasteiger partial charge on any atom is 0.0933 e. The van der Waals surface area contributed by atoms with Crippen molar-refractivity contribution >= 4 is 34.1 Å². The third-order valence-electron chi connectivity index (χ3n) is 24.0. The van der Waals surface area contributed by atoms with Crippen LogP contribution in [-0.2, 0) is 32.5 Å². The number of hydrogen-bond donors (Lipinski definition) is 6. The van der Waals surface area contributed by atoms with E-state index >= 15 is 0 Å². The summed E-state index contributed by atoms with van der Waals surface area (Å²) in [5.74, 6) is 0. The predicted octanol–water partition coefficient (Wildman–Crippen LogP) is 8.53. The molecule has 398 valence electrons. The highest BCUT2D eigenvalue weighted by Crippen LogP contribution is 2.70. The Morgan fingerprint density at radius 1 is 0.269 bits per heavy atom. The zero-order valence-corrected chi connectivity index (χ0v) is 46.2. The third kappa shape index (κ3) is 4.87. The smallest absolute Gasteiger partial charge is 0.0933 e. The lowest BCUT2D eigenvalue weighted by Gasteiger charge is -2.48. The summed E-state index contributed by atoms with van der Waals surface area (Å²) in [4.78, 5) is 15.7. The second kappa shape index (κ2) is 15.0. The topological polar surface area (TPSA) is 91.6 Å². The van der Waals surface area contributed by atoms with Crippen LogP contribution in [0.15, 0.2) is 121 Å². The molecule has 6 aromatic carbocycles. The minimum absolute atomic E-state index is 0.111. The van der Waals surface area contributed by atoms with Crippen molar-refractivity contribution in [3.63, 3.8) is 0 Å². The maximum atomic E-state index is 4.52. The fraction of sp³-hybridized carbons (Fsp3) is 0.455. The van der Waals surface area contributed by atoms with E-state index < -0.39 is 0 Å². The third-order valence-corrected chi connectivity index (χ3v) is 24.0. The van der Waals surface area contributed by atoms with E-state index in [1.54, 1.807) is 0 Å². The van der Waals surface area contributed by atoms with E-state index in [-0.39, 0.29) is 69.5 Å². The average molecular weight is 1040 g/mol. The first-order valence-electron chi connectivity index (χ1n) is 29.6. The number of benzene rings is 6. The van der Waals surface area contributed by atoms with Crippen LogP contribution in [0.5, 0.6) is 0 Å². The number of nitrogens with zero attached hydrogens (tertiary/aromatic N) is 6. The summed E-state index contributed by atoms with van der Waals surface area (Å²) in [7, 11) is 14.1. The van der Waals surface area contributed by atoms with Crippen LogP contribution in [0.3, 0.4) is 0 Å². The van der Waals surface area contributed by atoms with Gasteiger partial charge in [-0.1, -0.05) is 109 Å². The molecule has 6 fully saturated rings. The Bertz CT molecular complexity index is 3600. The lowest BCUT2D eigenvalue weighted by atomic mass is 9.54. The Morgan fingerprint density at radius 2 is 0.513 bits per heavy atom. The Morgan fingerprint density at radius 3 is 0.872 bits per heavy atom. The molecule has 12 atom stereocenters. The summed E-state index contributed by atoms with van der Waals surface area (Å²) in [5.41, 5.74) is 21.6. The summed E-state index contributed by atoms with van der Waals surface area (Å²) in [6, 6.07) is 48.1. The molecular formula is C66H74N12. The van der Waals surface area contributed by atoms with E-state index in [9.17, 15) is 0 Å². The van der Waals surface area contributed by atoms with Gasteiger partial charge in [0, 0.05) is 84.2 Å². The summed E-state index contributed by atoms with van der Waals surface area (Å²) in [5, 5.41) is 25.8. The normalized spacial score (nSPS) is 38.1. The molecule has 0 amide bonds. The monoisotopic (exact) mass is 1030 g/mol. The zero-order valence-electron chi connectivity index (χ0n) is 46.2. The molecule has 0 saturated carbocycles. The van der Waals surface area contributed by atoms with E-state index in [0.29, 0.717) is 0 Å². The molecule has 12 heterocycles. The molecule has 78 heavy (non-hydrogen) atoms. The minimum Gasteiger partial charge on any atom is -0.368 e. The fourth-order valence-electron chi connectivity index (χ4n) is 20.8. The number of likely N-dealkylation sites (tertiary alicyclic amines) is 6. The summed E-state index contributed by atoms with van der Waals surface area (Å²) in [6.45, 7) is 6.31. The highest BCUT2D eigenvalue weighted by molar-refractivity contribution is 5.85. The van der Waals surface area contributed by atoms with Crippen molar-refractivity contribution in [3.05, 3.63) is 177 Å². The van der Waals surface area contributed by atoms with Crippen molar-refractivity contribution in [2.24, 2.45) is 0 Å². The van der Waals surface area contributed by atoms with E-state index in [0.717, 1.165) is 77.8 Å². The fourth-order valence-corrected chi connectivity index (χ4v) is 20.8. The molecule has 6 aromatic rings. The van der Waals surface area contributed by atoms with Crippen molar-refractivity contribution in [1.82, 2.24) is 29.4 Å². The number of nitrogens with one attached hydrogen (secondary N) is 6. The molecule has 12 aliphatic heterocycles. The van der Waals surface area contributed by atoms with Gasteiger partial charge in [-0.05, 0) is 149 Å².